The Bertz CT molecular complexity index is 769. The van der Waals surface area contributed by atoms with E-state index in [1.165, 1.54) is 6.92 Å². The number of carbonyl (C=O) groups is 3. The van der Waals surface area contributed by atoms with Gasteiger partial charge in [-0.3, -0.25) is 14.5 Å². The highest BCUT2D eigenvalue weighted by molar-refractivity contribution is 6.09. The van der Waals surface area contributed by atoms with Crippen LogP contribution in [0.25, 0.3) is 0 Å². The average molecular weight is 395 g/mol. The van der Waals surface area contributed by atoms with Gasteiger partial charge in [0, 0.05) is 11.6 Å². The van der Waals surface area contributed by atoms with Crippen LogP contribution in [-0.4, -0.2) is 35.3 Å². The van der Waals surface area contributed by atoms with E-state index < -0.39 is 41.6 Å². The number of hydrogen-bond acceptors (Lipinski definition) is 3. The van der Waals surface area contributed by atoms with Crippen LogP contribution in [0.4, 0.5) is 13.6 Å². The summed E-state index contributed by atoms with van der Waals surface area (Å²) in [7, 11) is 0. The van der Waals surface area contributed by atoms with Crippen LogP contribution in [0, 0.1) is 17.6 Å². The van der Waals surface area contributed by atoms with E-state index in [9.17, 15) is 23.2 Å². The molecule has 2 rings (SSSR count). The van der Waals surface area contributed by atoms with E-state index in [1.54, 1.807) is 0 Å². The van der Waals surface area contributed by atoms with E-state index >= 15 is 0 Å². The van der Waals surface area contributed by atoms with E-state index in [0.29, 0.717) is 5.92 Å². The molecule has 0 spiro atoms. The third-order valence-electron chi connectivity index (χ3n) is 4.87. The fraction of sp³-hybridized carbons (Fsp3) is 0.550. The Morgan fingerprint density at radius 2 is 1.89 bits per heavy atom. The topological polar surface area (TPSA) is 78.5 Å². The third kappa shape index (κ3) is 4.85. The van der Waals surface area contributed by atoms with Crippen LogP contribution in [-0.2, 0) is 15.1 Å². The molecular formula is C20H27F2N3O3. The first-order chi connectivity index (χ1) is 13.0. The minimum Gasteiger partial charge on any atom is -0.352 e. The number of urea groups is 1. The molecule has 1 heterocycles. The van der Waals surface area contributed by atoms with Crippen molar-refractivity contribution in [1.29, 1.82) is 0 Å². The first-order valence-corrected chi connectivity index (χ1v) is 9.43. The van der Waals surface area contributed by atoms with Crippen LogP contribution < -0.4 is 10.6 Å². The van der Waals surface area contributed by atoms with Gasteiger partial charge >= 0.3 is 6.03 Å². The maximum Gasteiger partial charge on any atom is 0.325 e. The Morgan fingerprint density at radius 3 is 2.54 bits per heavy atom. The summed E-state index contributed by atoms with van der Waals surface area (Å²) < 4.78 is 27.7. The van der Waals surface area contributed by atoms with E-state index in [2.05, 4.69) is 24.5 Å². The summed E-state index contributed by atoms with van der Waals surface area (Å²) in [5.74, 6) is -2.25. The van der Waals surface area contributed by atoms with E-state index in [0.717, 1.165) is 42.4 Å². The SMILES string of the molecule is CC(C)CCCC(C)NC(=O)CN1C(=O)NC(C)(c2cc(F)ccc2F)C1=O. The van der Waals surface area contributed by atoms with Crippen molar-refractivity contribution in [3.63, 3.8) is 0 Å². The average Bonchev–Trinajstić information content (AvgIpc) is 2.80. The summed E-state index contributed by atoms with van der Waals surface area (Å²) in [6.07, 6.45) is 2.79. The number of benzene rings is 1. The van der Waals surface area contributed by atoms with Crippen molar-refractivity contribution in [3.05, 3.63) is 35.4 Å². The lowest BCUT2D eigenvalue weighted by Gasteiger charge is -2.23. The fourth-order valence-corrected chi connectivity index (χ4v) is 3.27. The molecule has 2 unspecified atom stereocenters. The second-order valence-electron chi connectivity index (χ2n) is 7.86. The first kappa shape index (κ1) is 21.8. The normalized spacial score (nSPS) is 20.5. The van der Waals surface area contributed by atoms with E-state index in [1.807, 2.05) is 6.92 Å². The van der Waals surface area contributed by atoms with Crippen molar-refractivity contribution in [2.75, 3.05) is 6.54 Å². The van der Waals surface area contributed by atoms with Gasteiger partial charge in [-0.1, -0.05) is 26.7 Å². The zero-order valence-corrected chi connectivity index (χ0v) is 16.6. The standard InChI is InChI=1S/C20H27F2N3O3/c1-12(2)6-5-7-13(3)23-17(26)11-25-18(27)20(4,24-19(25)28)15-10-14(21)8-9-16(15)22/h8-10,12-13H,5-7,11H2,1-4H3,(H,23,26)(H,24,28). The number of hydrogen-bond donors (Lipinski definition) is 2. The van der Waals surface area contributed by atoms with Crippen molar-refractivity contribution >= 4 is 17.8 Å². The predicted molar refractivity (Wildman–Crippen MR) is 100 cm³/mol. The Kier molecular flexibility index (Phi) is 6.74. The third-order valence-corrected chi connectivity index (χ3v) is 4.87. The number of amides is 4. The molecule has 4 amide bonds. The van der Waals surface area contributed by atoms with Crippen molar-refractivity contribution in [2.45, 2.75) is 58.5 Å². The molecule has 1 aromatic carbocycles. The number of carbonyl (C=O) groups excluding carboxylic acids is 3. The van der Waals surface area contributed by atoms with Gasteiger partial charge in [-0.05, 0) is 44.4 Å². The molecule has 8 heteroatoms. The molecular weight excluding hydrogens is 368 g/mol. The number of nitrogens with zero attached hydrogens (tertiary/aromatic N) is 1. The summed E-state index contributed by atoms with van der Waals surface area (Å²) in [6, 6.07) is 1.77. The Morgan fingerprint density at radius 1 is 1.21 bits per heavy atom. The zero-order chi connectivity index (χ0) is 21.1. The molecule has 1 aliphatic heterocycles. The second kappa shape index (κ2) is 8.67. The molecule has 0 saturated carbocycles. The van der Waals surface area contributed by atoms with Crippen molar-refractivity contribution in [3.8, 4) is 0 Å². The van der Waals surface area contributed by atoms with E-state index in [4.69, 9.17) is 0 Å². The molecule has 6 nitrogen and oxygen atoms in total. The monoisotopic (exact) mass is 395 g/mol. The predicted octanol–water partition coefficient (Wildman–Crippen LogP) is 3.06. The molecule has 28 heavy (non-hydrogen) atoms. The summed E-state index contributed by atoms with van der Waals surface area (Å²) in [6.45, 7) is 6.91. The van der Waals surface area contributed by atoms with Gasteiger partial charge in [0.15, 0.2) is 0 Å². The van der Waals surface area contributed by atoms with Crippen LogP contribution in [0.1, 0.15) is 52.5 Å². The quantitative estimate of drug-likeness (QED) is 0.664. The maximum atomic E-state index is 14.1. The van der Waals surface area contributed by atoms with Crippen molar-refractivity contribution in [1.82, 2.24) is 15.5 Å². The summed E-state index contributed by atoms with van der Waals surface area (Å²) in [5.41, 5.74) is -2.05. The Balaban J connectivity index is 2.03. The van der Waals surface area contributed by atoms with Gasteiger partial charge in [-0.15, -0.1) is 0 Å². The molecule has 2 N–H and O–H groups in total. The highest BCUT2D eigenvalue weighted by Gasteiger charge is 2.50. The molecule has 0 radical (unpaired) electrons. The van der Waals surface area contributed by atoms with Crippen LogP contribution >= 0.6 is 0 Å². The molecule has 2 atom stereocenters. The first-order valence-electron chi connectivity index (χ1n) is 9.43. The summed E-state index contributed by atoms with van der Waals surface area (Å²) in [4.78, 5) is 37.9. The van der Waals surface area contributed by atoms with Crippen LogP contribution in [0.2, 0.25) is 0 Å². The van der Waals surface area contributed by atoms with Gasteiger partial charge in [0.25, 0.3) is 5.91 Å². The van der Waals surface area contributed by atoms with Crippen LogP contribution in [0.3, 0.4) is 0 Å². The Hall–Kier alpha value is -2.51. The maximum absolute atomic E-state index is 14.1. The lowest BCUT2D eigenvalue weighted by Crippen LogP contribution is -2.45. The molecule has 1 fully saturated rings. The molecule has 1 aliphatic rings. The molecule has 1 saturated heterocycles. The number of halogens is 2. The number of nitrogens with one attached hydrogen (secondary N) is 2. The van der Waals surface area contributed by atoms with Crippen molar-refractivity contribution in [2.24, 2.45) is 5.92 Å². The lowest BCUT2D eigenvalue weighted by atomic mass is 9.91. The van der Waals surface area contributed by atoms with Crippen LogP contribution in [0.5, 0.6) is 0 Å². The summed E-state index contributed by atoms with van der Waals surface area (Å²) in [5, 5.41) is 5.13. The molecule has 0 aliphatic carbocycles. The largest absolute Gasteiger partial charge is 0.352 e. The minimum absolute atomic E-state index is 0.0981. The smallest absolute Gasteiger partial charge is 0.325 e. The van der Waals surface area contributed by atoms with Gasteiger partial charge in [0.1, 0.15) is 23.7 Å². The van der Waals surface area contributed by atoms with Gasteiger partial charge in [-0.25, -0.2) is 13.6 Å². The highest BCUT2D eigenvalue weighted by Crippen LogP contribution is 2.31. The minimum atomic E-state index is -1.77. The van der Waals surface area contributed by atoms with Crippen LogP contribution in [0.15, 0.2) is 18.2 Å². The zero-order valence-electron chi connectivity index (χ0n) is 16.6. The summed E-state index contributed by atoms with van der Waals surface area (Å²) >= 11 is 0. The van der Waals surface area contributed by atoms with Gasteiger partial charge in [0.05, 0.1) is 0 Å². The Labute approximate surface area is 163 Å². The lowest BCUT2D eigenvalue weighted by molar-refractivity contribution is -0.135. The number of rotatable bonds is 8. The molecule has 0 aromatic heterocycles. The molecule has 154 valence electrons. The second-order valence-corrected chi connectivity index (χ2v) is 7.86. The van der Waals surface area contributed by atoms with E-state index in [-0.39, 0.29) is 11.6 Å². The van der Waals surface area contributed by atoms with Gasteiger partial charge in [0.2, 0.25) is 5.91 Å². The molecule has 0 bridgehead atoms. The van der Waals surface area contributed by atoms with Crippen molar-refractivity contribution < 1.29 is 23.2 Å². The number of imide groups is 1. The van der Waals surface area contributed by atoms with Gasteiger partial charge < -0.3 is 10.6 Å². The molecule has 1 aromatic rings. The highest BCUT2D eigenvalue weighted by atomic mass is 19.1. The van der Waals surface area contributed by atoms with Gasteiger partial charge in [-0.2, -0.15) is 0 Å². The fourth-order valence-electron chi connectivity index (χ4n) is 3.27.